The van der Waals surface area contributed by atoms with Gasteiger partial charge in [-0.3, -0.25) is 4.79 Å². The Balaban J connectivity index is 2.21. The Morgan fingerprint density at radius 2 is 2.57 bits per heavy atom. The first-order valence-electron chi connectivity index (χ1n) is 5.35. The van der Waals surface area contributed by atoms with E-state index in [0.717, 1.165) is 13.1 Å². The zero-order valence-electron chi connectivity index (χ0n) is 8.88. The molecule has 0 saturated carbocycles. The van der Waals surface area contributed by atoms with E-state index >= 15 is 0 Å². The molecule has 3 heteroatoms. The third-order valence-corrected chi connectivity index (χ3v) is 2.62. The van der Waals surface area contributed by atoms with E-state index in [0.29, 0.717) is 12.3 Å². The average Bonchev–Trinajstić information content (AvgIpc) is 2.19. The second-order valence-electron chi connectivity index (χ2n) is 4.01. The maximum atomic E-state index is 11.5. The van der Waals surface area contributed by atoms with Crippen LogP contribution in [-0.4, -0.2) is 25.0 Å². The van der Waals surface area contributed by atoms with Crippen LogP contribution in [0.5, 0.6) is 0 Å². The molecule has 1 rings (SSSR count). The quantitative estimate of drug-likeness (QED) is 0.660. The number of rotatable bonds is 4. The Morgan fingerprint density at radius 1 is 1.79 bits per heavy atom. The van der Waals surface area contributed by atoms with Crippen LogP contribution in [0.15, 0.2) is 12.7 Å². The Kier molecular flexibility index (Phi) is 4.66. The van der Waals surface area contributed by atoms with E-state index in [-0.39, 0.29) is 11.9 Å². The molecule has 0 aromatic heterocycles. The lowest BCUT2D eigenvalue weighted by molar-refractivity contribution is -0.122. The van der Waals surface area contributed by atoms with E-state index < -0.39 is 0 Å². The topological polar surface area (TPSA) is 41.1 Å². The molecule has 1 amide bonds. The van der Waals surface area contributed by atoms with Gasteiger partial charge in [-0.2, -0.15) is 0 Å². The second-order valence-corrected chi connectivity index (χ2v) is 4.01. The number of nitrogens with one attached hydrogen (secondary N) is 2. The highest BCUT2D eigenvalue weighted by atomic mass is 16.1. The Bertz CT molecular complexity index is 197. The van der Waals surface area contributed by atoms with Gasteiger partial charge in [-0.15, -0.1) is 6.58 Å². The summed E-state index contributed by atoms with van der Waals surface area (Å²) < 4.78 is 0. The van der Waals surface area contributed by atoms with Crippen molar-refractivity contribution in [3.63, 3.8) is 0 Å². The standard InChI is InChI=1S/C11H20N2O/c1-3-9(2)13-11(14)7-10-5-4-6-12-8-10/h3,9-10,12H,1,4-8H2,2H3,(H,13,14). The number of carbonyl (C=O) groups excluding carboxylic acids is 1. The van der Waals surface area contributed by atoms with Crippen LogP contribution in [0.4, 0.5) is 0 Å². The first kappa shape index (κ1) is 11.2. The monoisotopic (exact) mass is 196 g/mol. The van der Waals surface area contributed by atoms with Crippen molar-refractivity contribution in [3.8, 4) is 0 Å². The summed E-state index contributed by atoms with van der Waals surface area (Å²) >= 11 is 0. The fraction of sp³-hybridized carbons (Fsp3) is 0.727. The van der Waals surface area contributed by atoms with Crippen LogP contribution in [0.25, 0.3) is 0 Å². The summed E-state index contributed by atoms with van der Waals surface area (Å²) in [6.45, 7) is 7.65. The maximum absolute atomic E-state index is 11.5. The highest BCUT2D eigenvalue weighted by Crippen LogP contribution is 2.13. The van der Waals surface area contributed by atoms with E-state index in [1.807, 2.05) is 6.92 Å². The maximum Gasteiger partial charge on any atom is 0.220 e. The van der Waals surface area contributed by atoms with E-state index in [4.69, 9.17) is 0 Å². The summed E-state index contributed by atoms with van der Waals surface area (Å²) in [5.41, 5.74) is 0. The largest absolute Gasteiger partial charge is 0.350 e. The minimum atomic E-state index is 0.0825. The molecule has 3 nitrogen and oxygen atoms in total. The van der Waals surface area contributed by atoms with Crippen LogP contribution >= 0.6 is 0 Å². The summed E-state index contributed by atoms with van der Waals surface area (Å²) in [5, 5.41) is 6.20. The Labute approximate surface area is 86.0 Å². The van der Waals surface area contributed by atoms with Gasteiger partial charge in [0, 0.05) is 12.5 Å². The fourth-order valence-corrected chi connectivity index (χ4v) is 1.73. The van der Waals surface area contributed by atoms with Crippen molar-refractivity contribution in [2.24, 2.45) is 5.92 Å². The van der Waals surface area contributed by atoms with Gasteiger partial charge in [0.05, 0.1) is 0 Å². The number of hydrogen-bond acceptors (Lipinski definition) is 2. The molecular weight excluding hydrogens is 176 g/mol. The van der Waals surface area contributed by atoms with Crippen LogP contribution in [0, 0.1) is 5.92 Å². The fourth-order valence-electron chi connectivity index (χ4n) is 1.73. The summed E-state index contributed by atoms with van der Waals surface area (Å²) in [4.78, 5) is 11.5. The van der Waals surface area contributed by atoms with E-state index in [1.165, 1.54) is 12.8 Å². The summed E-state index contributed by atoms with van der Waals surface area (Å²) in [7, 11) is 0. The van der Waals surface area contributed by atoms with Crippen LogP contribution in [0.2, 0.25) is 0 Å². The van der Waals surface area contributed by atoms with Gasteiger partial charge in [-0.25, -0.2) is 0 Å². The number of amides is 1. The molecule has 0 aromatic rings. The summed E-state index contributed by atoms with van der Waals surface area (Å²) in [6, 6.07) is 0.0825. The van der Waals surface area contributed by atoms with Gasteiger partial charge in [-0.1, -0.05) is 6.08 Å². The van der Waals surface area contributed by atoms with Gasteiger partial charge in [-0.05, 0) is 38.8 Å². The van der Waals surface area contributed by atoms with Crippen molar-refractivity contribution in [2.75, 3.05) is 13.1 Å². The van der Waals surface area contributed by atoms with Crippen LogP contribution < -0.4 is 10.6 Å². The highest BCUT2D eigenvalue weighted by molar-refractivity contribution is 5.76. The van der Waals surface area contributed by atoms with Gasteiger partial charge in [0.2, 0.25) is 5.91 Å². The van der Waals surface area contributed by atoms with E-state index in [1.54, 1.807) is 6.08 Å². The van der Waals surface area contributed by atoms with Crippen molar-refractivity contribution in [1.29, 1.82) is 0 Å². The van der Waals surface area contributed by atoms with Gasteiger partial charge >= 0.3 is 0 Å². The summed E-state index contributed by atoms with van der Waals surface area (Å²) in [5.74, 6) is 0.659. The molecule has 0 radical (unpaired) electrons. The number of carbonyl (C=O) groups is 1. The zero-order chi connectivity index (χ0) is 10.4. The Hall–Kier alpha value is -0.830. The molecule has 14 heavy (non-hydrogen) atoms. The first-order chi connectivity index (χ1) is 6.72. The molecule has 1 heterocycles. The van der Waals surface area contributed by atoms with E-state index in [2.05, 4.69) is 17.2 Å². The zero-order valence-corrected chi connectivity index (χ0v) is 8.88. The van der Waals surface area contributed by atoms with Gasteiger partial charge < -0.3 is 10.6 Å². The molecule has 0 spiro atoms. The summed E-state index contributed by atoms with van der Waals surface area (Å²) in [6.07, 6.45) is 4.75. The van der Waals surface area contributed by atoms with Crippen molar-refractivity contribution in [2.45, 2.75) is 32.2 Å². The molecule has 0 aromatic carbocycles. The van der Waals surface area contributed by atoms with E-state index in [9.17, 15) is 4.79 Å². The molecule has 1 aliphatic rings. The van der Waals surface area contributed by atoms with Gasteiger partial charge in [0.15, 0.2) is 0 Å². The molecule has 1 fully saturated rings. The van der Waals surface area contributed by atoms with Crippen molar-refractivity contribution in [3.05, 3.63) is 12.7 Å². The first-order valence-corrected chi connectivity index (χ1v) is 5.35. The third kappa shape index (κ3) is 3.92. The lowest BCUT2D eigenvalue weighted by Crippen LogP contribution is -2.36. The number of piperidine rings is 1. The minimum absolute atomic E-state index is 0.0825. The van der Waals surface area contributed by atoms with Gasteiger partial charge in [0.1, 0.15) is 0 Å². The van der Waals surface area contributed by atoms with Crippen molar-refractivity contribution in [1.82, 2.24) is 10.6 Å². The molecule has 1 saturated heterocycles. The van der Waals surface area contributed by atoms with Crippen molar-refractivity contribution >= 4 is 5.91 Å². The van der Waals surface area contributed by atoms with Crippen LogP contribution in [-0.2, 0) is 4.79 Å². The molecule has 2 unspecified atom stereocenters. The average molecular weight is 196 g/mol. The lowest BCUT2D eigenvalue weighted by Gasteiger charge is -2.22. The third-order valence-electron chi connectivity index (χ3n) is 2.62. The molecule has 80 valence electrons. The lowest BCUT2D eigenvalue weighted by atomic mass is 9.96. The molecule has 0 aliphatic carbocycles. The molecule has 0 bridgehead atoms. The predicted molar refractivity (Wildman–Crippen MR) is 58.0 cm³/mol. The Morgan fingerprint density at radius 3 is 3.14 bits per heavy atom. The number of hydrogen-bond donors (Lipinski definition) is 2. The van der Waals surface area contributed by atoms with Crippen LogP contribution in [0.3, 0.4) is 0 Å². The smallest absolute Gasteiger partial charge is 0.220 e. The normalized spacial score (nSPS) is 23.9. The molecular formula is C11H20N2O. The SMILES string of the molecule is C=CC(C)NC(=O)CC1CCCNC1. The van der Waals surface area contributed by atoms with Crippen molar-refractivity contribution < 1.29 is 4.79 Å². The highest BCUT2D eigenvalue weighted by Gasteiger charge is 2.16. The van der Waals surface area contributed by atoms with Gasteiger partial charge in [0.25, 0.3) is 0 Å². The molecule has 2 N–H and O–H groups in total. The molecule has 1 aliphatic heterocycles. The minimum Gasteiger partial charge on any atom is -0.350 e. The van der Waals surface area contributed by atoms with Crippen LogP contribution in [0.1, 0.15) is 26.2 Å². The second kappa shape index (κ2) is 5.81. The molecule has 2 atom stereocenters. The predicted octanol–water partition coefficient (Wildman–Crippen LogP) is 1.07.